The Labute approximate surface area is 203 Å². The number of benzene rings is 1. The number of nitrogens with one attached hydrogen (secondary N) is 1. The van der Waals surface area contributed by atoms with Gasteiger partial charge in [-0.2, -0.15) is 5.10 Å². The van der Waals surface area contributed by atoms with E-state index in [2.05, 4.69) is 47.2 Å². The fraction of sp³-hybridized carbons (Fsp3) is 0.308. The molecule has 3 N–H and O–H groups in total. The molecular weight excluding hydrogens is 445 g/mol. The largest absolute Gasteiger partial charge is 0.322 e. The Morgan fingerprint density at radius 2 is 2.00 bits per heavy atom. The van der Waals surface area contributed by atoms with E-state index in [-0.39, 0.29) is 23.0 Å². The summed E-state index contributed by atoms with van der Waals surface area (Å²) >= 11 is 0. The first-order chi connectivity index (χ1) is 16.7. The first-order valence-electron chi connectivity index (χ1n) is 11.7. The van der Waals surface area contributed by atoms with Crippen LogP contribution in [0.5, 0.6) is 0 Å². The molecule has 8 nitrogen and oxygen atoms in total. The number of amides is 1. The maximum Gasteiger partial charge on any atom is 0.243 e. The van der Waals surface area contributed by atoms with Crippen LogP contribution in [0.1, 0.15) is 39.2 Å². The number of carbonyl (C=O) groups is 1. The van der Waals surface area contributed by atoms with Crippen LogP contribution in [-0.4, -0.2) is 38.1 Å². The molecule has 180 valence electrons. The first-order valence-corrected chi connectivity index (χ1v) is 11.7. The van der Waals surface area contributed by atoms with Crippen molar-refractivity contribution in [2.75, 3.05) is 16.8 Å². The highest BCUT2D eigenvalue weighted by Crippen LogP contribution is 2.30. The van der Waals surface area contributed by atoms with Gasteiger partial charge >= 0.3 is 0 Å². The van der Waals surface area contributed by atoms with E-state index in [1.165, 1.54) is 11.0 Å². The van der Waals surface area contributed by atoms with Crippen molar-refractivity contribution in [1.82, 2.24) is 19.6 Å². The van der Waals surface area contributed by atoms with Gasteiger partial charge in [0, 0.05) is 35.8 Å². The maximum atomic E-state index is 14.9. The Hall–Kier alpha value is -3.85. The van der Waals surface area contributed by atoms with Crippen LogP contribution >= 0.6 is 0 Å². The third kappa shape index (κ3) is 4.46. The smallest absolute Gasteiger partial charge is 0.243 e. The number of piperidine rings is 1. The van der Waals surface area contributed by atoms with Gasteiger partial charge in [-0.1, -0.05) is 20.8 Å². The number of carbonyl (C=O) groups excluding carboxylic acids is 1. The van der Waals surface area contributed by atoms with E-state index in [4.69, 9.17) is 5.73 Å². The SMILES string of the molecule is CC(C)(C)c1cnn2ccc(-c3ccnc(Nc4ccc(N5CCCC(N)C5=O)cc4F)n3)cc12. The standard InChI is InChI=1S/C26H28FN7O/c1-26(2,3)18-15-30-34-12-9-16(13-23(18)34)21-8-10-29-25(31-21)32-22-7-6-17(14-19(22)27)33-11-4-5-20(28)24(33)35/h6-10,12-15,20H,4-5,11,28H2,1-3H3,(H,29,31,32). The molecule has 0 aliphatic carbocycles. The monoisotopic (exact) mass is 473 g/mol. The number of rotatable bonds is 4. The van der Waals surface area contributed by atoms with Gasteiger partial charge in [-0.3, -0.25) is 4.79 Å². The van der Waals surface area contributed by atoms with Crippen LogP contribution in [0.2, 0.25) is 0 Å². The number of halogens is 1. The minimum absolute atomic E-state index is 0.0493. The molecule has 1 unspecified atom stereocenters. The van der Waals surface area contributed by atoms with E-state index < -0.39 is 11.9 Å². The summed E-state index contributed by atoms with van der Waals surface area (Å²) in [7, 11) is 0. The Kier molecular flexibility index (Phi) is 5.72. The van der Waals surface area contributed by atoms with E-state index in [1.54, 1.807) is 18.3 Å². The van der Waals surface area contributed by atoms with Gasteiger partial charge in [-0.25, -0.2) is 18.9 Å². The molecule has 0 radical (unpaired) electrons. The van der Waals surface area contributed by atoms with Gasteiger partial charge in [0.05, 0.1) is 29.1 Å². The summed E-state index contributed by atoms with van der Waals surface area (Å²) in [4.78, 5) is 22.8. The van der Waals surface area contributed by atoms with Crippen molar-refractivity contribution in [3.8, 4) is 11.3 Å². The van der Waals surface area contributed by atoms with Gasteiger partial charge < -0.3 is 16.0 Å². The third-order valence-electron chi connectivity index (χ3n) is 6.27. The van der Waals surface area contributed by atoms with E-state index >= 15 is 0 Å². The number of hydrogen-bond donors (Lipinski definition) is 2. The van der Waals surface area contributed by atoms with E-state index in [0.717, 1.165) is 23.1 Å². The molecule has 1 saturated heterocycles. The van der Waals surface area contributed by atoms with Gasteiger partial charge in [0.15, 0.2) is 0 Å². The minimum Gasteiger partial charge on any atom is -0.322 e. The predicted molar refractivity (Wildman–Crippen MR) is 134 cm³/mol. The molecule has 0 saturated carbocycles. The van der Waals surface area contributed by atoms with Crippen molar-refractivity contribution in [2.45, 2.75) is 45.1 Å². The van der Waals surface area contributed by atoms with Crippen molar-refractivity contribution < 1.29 is 9.18 Å². The Bertz CT molecular complexity index is 1410. The molecule has 5 rings (SSSR count). The number of nitrogens with zero attached hydrogens (tertiary/aromatic N) is 5. The minimum atomic E-state index is -0.540. The highest BCUT2D eigenvalue weighted by molar-refractivity contribution is 5.97. The zero-order valence-electron chi connectivity index (χ0n) is 20.0. The van der Waals surface area contributed by atoms with Crippen molar-refractivity contribution in [1.29, 1.82) is 0 Å². The molecule has 35 heavy (non-hydrogen) atoms. The summed E-state index contributed by atoms with van der Waals surface area (Å²) in [5, 5.41) is 7.41. The zero-order valence-corrected chi connectivity index (χ0v) is 20.0. The Balaban J connectivity index is 1.41. The van der Waals surface area contributed by atoms with Crippen LogP contribution in [-0.2, 0) is 10.2 Å². The van der Waals surface area contributed by atoms with Crippen molar-refractivity contribution in [2.24, 2.45) is 5.73 Å². The average molecular weight is 474 g/mol. The van der Waals surface area contributed by atoms with Gasteiger partial charge in [0.2, 0.25) is 11.9 Å². The topological polar surface area (TPSA) is 101 Å². The van der Waals surface area contributed by atoms with Crippen LogP contribution in [0.4, 0.5) is 21.7 Å². The molecule has 9 heteroatoms. The molecule has 3 aromatic heterocycles. The third-order valence-corrected chi connectivity index (χ3v) is 6.27. The summed E-state index contributed by atoms with van der Waals surface area (Å²) in [5.74, 6) is -0.411. The summed E-state index contributed by atoms with van der Waals surface area (Å²) in [6, 6.07) is 9.89. The summed E-state index contributed by atoms with van der Waals surface area (Å²) < 4.78 is 16.8. The predicted octanol–water partition coefficient (Wildman–Crippen LogP) is 4.43. The molecule has 4 aromatic rings. The highest BCUT2D eigenvalue weighted by atomic mass is 19.1. The van der Waals surface area contributed by atoms with Crippen LogP contribution in [0.25, 0.3) is 16.8 Å². The molecular formula is C26H28FN7O. The molecule has 1 aromatic carbocycles. The average Bonchev–Trinajstić information content (AvgIpc) is 3.26. The molecule has 1 fully saturated rings. The molecule has 0 bridgehead atoms. The van der Waals surface area contributed by atoms with Crippen molar-refractivity contribution in [3.63, 3.8) is 0 Å². The molecule has 1 aliphatic rings. The quantitative estimate of drug-likeness (QED) is 0.455. The normalized spacial score (nSPS) is 16.7. The van der Waals surface area contributed by atoms with E-state index in [1.807, 2.05) is 29.0 Å². The molecule has 4 heterocycles. The number of fused-ring (bicyclic) bond motifs is 1. The number of aromatic nitrogens is 4. The van der Waals surface area contributed by atoms with E-state index in [0.29, 0.717) is 24.3 Å². The summed E-state index contributed by atoms with van der Waals surface area (Å²) in [6.45, 7) is 6.98. The second-order valence-electron chi connectivity index (χ2n) is 9.85. The fourth-order valence-corrected chi connectivity index (χ4v) is 4.35. The van der Waals surface area contributed by atoms with Crippen LogP contribution in [0.15, 0.2) is 55.0 Å². The highest BCUT2D eigenvalue weighted by Gasteiger charge is 2.27. The van der Waals surface area contributed by atoms with Gasteiger partial charge in [0.25, 0.3) is 0 Å². The number of nitrogens with two attached hydrogens (primary N) is 1. The number of pyridine rings is 1. The molecule has 1 aliphatic heterocycles. The van der Waals surface area contributed by atoms with Crippen LogP contribution in [0, 0.1) is 5.82 Å². The molecule has 1 amide bonds. The summed E-state index contributed by atoms with van der Waals surface area (Å²) in [5.41, 5.74) is 10.3. The second-order valence-corrected chi connectivity index (χ2v) is 9.85. The molecule has 0 spiro atoms. The lowest BCUT2D eigenvalue weighted by Crippen LogP contribution is -2.48. The zero-order chi connectivity index (χ0) is 24.7. The fourth-order valence-electron chi connectivity index (χ4n) is 4.35. The van der Waals surface area contributed by atoms with Crippen molar-refractivity contribution in [3.05, 3.63) is 66.4 Å². The van der Waals surface area contributed by atoms with Gasteiger partial charge in [-0.05, 0) is 54.7 Å². The van der Waals surface area contributed by atoms with Crippen LogP contribution < -0.4 is 16.0 Å². The second kappa shape index (κ2) is 8.74. The Morgan fingerprint density at radius 3 is 2.77 bits per heavy atom. The van der Waals surface area contributed by atoms with Gasteiger partial charge in [-0.15, -0.1) is 0 Å². The lowest BCUT2D eigenvalue weighted by Gasteiger charge is -2.30. The van der Waals surface area contributed by atoms with Crippen LogP contribution in [0.3, 0.4) is 0 Å². The Morgan fingerprint density at radius 1 is 1.17 bits per heavy atom. The van der Waals surface area contributed by atoms with Gasteiger partial charge in [0.1, 0.15) is 5.82 Å². The lowest BCUT2D eigenvalue weighted by atomic mass is 9.88. The maximum absolute atomic E-state index is 14.9. The molecule has 1 atom stereocenters. The van der Waals surface area contributed by atoms with E-state index in [9.17, 15) is 9.18 Å². The summed E-state index contributed by atoms with van der Waals surface area (Å²) in [6.07, 6.45) is 6.87. The first kappa shape index (κ1) is 22.9. The number of anilines is 3. The van der Waals surface area contributed by atoms with Crippen molar-refractivity contribution >= 4 is 28.7 Å². The number of hydrogen-bond acceptors (Lipinski definition) is 6. The lowest BCUT2D eigenvalue weighted by molar-refractivity contribution is -0.120.